The van der Waals surface area contributed by atoms with Gasteiger partial charge in [0.05, 0.1) is 4.92 Å². The van der Waals surface area contributed by atoms with Crippen molar-refractivity contribution >= 4 is 23.1 Å². The number of nitro groups is 1. The number of carbonyl (C=O) groups excluding carboxylic acids is 2. The zero-order valence-electron chi connectivity index (χ0n) is 16.5. The van der Waals surface area contributed by atoms with Crippen molar-refractivity contribution in [2.45, 2.75) is 20.0 Å². The zero-order valence-corrected chi connectivity index (χ0v) is 16.5. The number of nitro benzene ring substituents is 1. The van der Waals surface area contributed by atoms with Gasteiger partial charge in [-0.1, -0.05) is 42.0 Å². The van der Waals surface area contributed by atoms with Gasteiger partial charge in [-0.2, -0.15) is 0 Å². The molecule has 0 saturated heterocycles. The summed E-state index contributed by atoms with van der Waals surface area (Å²) in [5.74, 6) is -0.255. The predicted octanol–water partition coefficient (Wildman–Crippen LogP) is 4.81. The van der Waals surface area contributed by atoms with E-state index in [-0.39, 0.29) is 17.0 Å². The topological polar surface area (TPSA) is 98.5 Å². The maximum absolute atomic E-state index is 12.5. The lowest BCUT2D eigenvalue weighted by Gasteiger charge is -2.14. The molecular weight excluding hydrogens is 384 g/mol. The molecular formula is C23H20N2O5. The van der Waals surface area contributed by atoms with Gasteiger partial charge in [0, 0.05) is 17.3 Å². The van der Waals surface area contributed by atoms with Crippen LogP contribution in [0.25, 0.3) is 0 Å². The minimum Gasteiger partial charge on any atom is -0.483 e. The second kappa shape index (κ2) is 9.00. The average Bonchev–Trinajstić information content (AvgIpc) is 2.75. The molecule has 0 saturated carbocycles. The van der Waals surface area contributed by atoms with E-state index in [1.165, 1.54) is 18.2 Å². The van der Waals surface area contributed by atoms with Crippen LogP contribution in [0.1, 0.15) is 33.2 Å². The fourth-order valence-corrected chi connectivity index (χ4v) is 2.85. The van der Waals surface area contributed by atoms with Gasteiger partial charge in [0.1, 0.15) is 11.3 Å². The maximum Gasteiger partial charge on any atom is 0.282 e. The summed E-state index contributed by atoms with van der Waals surface area (Å²) in [5.41, 5.74) is 1.79. The summed E-state index contributed by atoms with van der Waals surface area (Å²) in [6.07, 6.45) is -0.680. The molecule has 0 aliphatic heterocycles. The van der Waals surface area contributed by atoms with Gasteiger partial charge < -0.3 is 10.1 Å². The molecule has 7 heteroatoms. The highest BCUT2D eigenvalue weighted by molar-refractivity contribution is 6.07. The fourth-order valence-electron chi connectivity index (χ4n) is 2.85. The number of carbonyl (C=O) groups is 2. The third-order valence-electron chi connectivity index (χ3n) is 4.48. The van der Waals surface area contributed by atoms with Crippen LogP contribution in [0.5, 0.6) is 5.75 Å². The summed E-state index contributed by atoms with van der Waals surface area (Å²) in [6.45, 7) is 3.62. The monoisotopic (exact) mass is 404 g/mol. The van der Waals surface area contributed by atoms with Crippen LogP contribution in [0.3, 0.4) is 0 Å². The molecule has 1 N–H and O–H groups in total. The van der Waals surface area contributed by atoms with Gasteiger partial charge in [-0.05, 0) is 44.2 Å². The molecule has 0 fully saturated rings. The number of para-hydroxylation sites is 1. The predicted molar refractivity (Wildman–Crippen MR) is 113 cm³/mol. The molecule has 0 spiro atoms. The number of aryl methyl sites for hydroxylation is 1. The first kappa shape index (κ1) is 20.7. The smallest absolute Gasteiger partial charge is 0.282 e. The summed E-state index contributed by atoms with van der Waals surface area (Å²) >= 11 is 0. The molecule has 0 heterocycles. The summed E-state index contributed by atoms with van der Waals surface area (Å²) in [6, 6.07) is 19.4. The first-order valence-electron chi connectivity index (χ1n) is 9.27. The van der Waals surface area contributed by atoms with E-state index in [1.54, 1.807) is 49.4 Å². The van der Waals surface area contributed by atoms with Gasteiger partial charge in [0.25, 0.3) is 11.6 Å². The molecule has 0 aromatic heterocycles. The van der Waals surface area contributed by atoms with Crippen molar-refractivity contribution in [2.24, 2.45) is 0 Å². The quantitative estimate of drug-likeness (QED) is 0.346. The highest BCUT2D eigenvalue weighted by Crippen LogP contribution is 2.22. The van der Waals surface area contributed by atoms with Crippen molar-refractivity contribution in [3.05, 3.63) is 99.6 Å². The third kappa shape index (κ3) is 4.88. The normalized spacial score (nSPS) is 11.4. The Hall–Kier alpha value is -4.00. The molecule has 0 radical (unpaired) electrons. The number of hydrogen-bond acceptors (Lipinski definition) is 5. The highest BCUT2D eigenvalue weighted by Gasteiger charge is 2.20. The Bertz CT molecular complexity index is 1080. The standard InChI is InChI=1S/C23H20N2O5/c1-15-7-9-17(10-8-15)22(26)16(2)30-19-13-11-18(12-14-19)24-23(27)20-5-3-4-6-21(20)25(28)29/h3-14,16H,1-2H3,(H,24,27)/t16-/m0/s1. The Morgan fingerprint density at radius 1 is 0.967 bits per heavy atom. The molecule has 7 nitrogen and oxygen atoms in total. The fraction of sp³-hybridized carbons (Fsp3) is 0.130. The Balaban J connectivity index is 1.65. The van der Waals surface area contributed by atoms with Crippen molar-refractivity contribution in [3.8, 4) is 5.75 Å². The summed E-state index contributed by atoms with van der Waals surface area (Å²) in [7, 11) is 0. The lowest BCUT2D eigenvalue weighted by Crippen LogP contribution is -2.23. The van der Waals surface area contributed by atoms with Gasteiger partial charge in [0.15, 0.2) is 6.10 Å². The molecule has 30 heavy (non-hydrogen) atoms. The number of hydrogen-bond donors (Lipinski definition) is 1. The number of benzene rings is 3. The number of rotatable bonds is 7. The first-order valence-corrected chi connectivity index (χ1v) is 9.27. The molecule has 0 unspecified atom stereocenters. The number of Topliss-reactive ketones (excluding diaryl/α,β-unsaturated/α-hetero) is 1. The van der Waals surface area contributed by atoms with Gasteiger partial charge >= 0.3 is 0 Å². The second-order valence-corrected chi connectivity index (χ2v) is 6.74. The molecule has 0 aliphatic carbocycles. The molecule has 3 rings (SSSR count). The molecule has 3 aromatic rings. The van der Waals surface area contributed by atoms with Crippen molar-refractivity contribution in [2.75, 3.05) is 5.32 Å². The van der Waals surface area contributed by atoms with Crippen molar-refractivity contribution in [3.63, 3.8) is 0 Å². The van der Waals surface area contributed by atoms with E-state index < -0.39 is 16.9 Å². The van der Waals surface area contributed by atoms with E-state index in [2.05, 4.69) is 5.32 Å². The number of ketones is 1. The number of ether oxygens (including phenoxy) is 1. The lowest BCUT2D eigenvalue weighted by molar-refractivity contribution is -0.385. The first-order chi connectivity index (χ1) is 14.3. The number of anilines is 1. The van der Waals surface area contributed by atoms with Crippen LogP contribution in [-0.4, -0.2) is 22.7 Å². The van der Waals surface area contributed by atoms with Crippen LogP contribution >= 0.6 is 0 Å². The molecule has 152 valence electrons. The maximum atomic E-state index is 12.5. The Kier molecular flexibility index (Phi) is 6.22. The van der Waals surface area contributed by atoms with E-state index in [4.69, 9.17) is 4.74 Å². The Morgan fingerprint density at radius 3 is 2.23 bits per heavy atom. The van der Waals surface area contributed by atoms with Crippen LogP contribution < -0.4 is 10.1 Å². The number of amides is 1. The van der Waals surface area contributed by atoms with Gasteiger partial charge in [-0.25, -0.2) is 0 Å². The van der Waals surface area contributed by atoms with Gasteiger partial charge in [0.2, 0.25) is 5.78 Å². The van der Waals surface area contributed by atoms with E-state index in [1.807, 2.05) is 19.1 Å². The second-order valence-electron chi connectivity index (χ2n) is 6.74. The molecule has 1 atom stereocenters. The van der Waals surface area contributed by atoms with Crippen LogP contribution in [0.15, 0.2) is 72.8 Å². The Morgan fingerprint density at radius 2 is 1.60 bits per heavy atom. The van der Waals surface area contributed by atoms with E-state index >= 15 is 0 Å². The van der Waals surface area contributed by atoms with Crippen LogP contribution in [0, 0.1) is 17.0 Å². The van der Waals surface area contributed by atoms with Crippen molar-refractivity contribution in [1.29, 1.82) is 0 Å². The highest BCUT2D eigenvalue weighted by atomic mass is 16.6. The Labute approximate surface area is 173 Å². The van der Waals surface area contributed by atoms with E-state index in [0.717, 1.165) is 5.56 Å². The third-order valence-corrected chi connectivity index (χ3v) is 4.48. The minimum atomic E-state index is -0.680. The van der Waals surface area contributed by atoms with Crippen molar-refractivity contribution in [1.82, 2.24) is 0 Å². The summed E-state index contributed by atoms with van der Waals surface area (Å²) < 4.78 is 5.70. The van der Waals surface area contributed by atoms with Crippen molar-refractivity contribution < 1.29 is 19.2 Å². The molecule has 0 bridgehead atoms. The SMILES string of the molecule is Cc1ccc(C(=O)[C@H](C)Oc2ccc(NC(=O)c3ccccc3[N+](=O)[O-])cc2)cc1. The number of nitrogens with zero attached hydrogens (tertiary/aromatic N) is 1. The van der Waals surface area contributed by atoms with E-state index in [0.29, 0.717) is 17.0 Å². The van der Waals surface area contributed by atoms with Gasteiger partial charge in [-0.15, -0.1) is 0 Å². The van der Waals surface area contributed by atoms with Gasteiger partial charge in [-0.3, -0.25) is 19.7 Å². The summed E-state index contributed by atoms with van der Waals surface area (Å²) in [5, 5.41) is 13.7. The zero-order chi connectivity index (χ0) is 21.7. The lowest BCUT2D eigenvalue weighted by atomic mass is 10.1. The number of nitrogens with one attached hydrogen (secondary N) is 1. The van der Waals surface area contributed by atoms with Crippen LogP contribution in [0.2, 0.25) is 0 Å². The van der Waals surface area contributed by atoms with E-state index in [9.17, 15) is 19.7 Å². The van der Waals surface area contributed by atoms with Crippen LogP contribution in [0.4, 0.5) is 11.4 Å². The molecule has 1 amide bonds. The average molecular weight is 404 g/mol. The van der Waals surface area contributed by atoms with Crippen LogP contribution in [-0.2, 0) is 0 Å². The summed E-state index contributed by atoms with van der Waals surface area (Å²) in [4.78, 5) is 35.3. The molecule has 3 aromatic carbocycles. The minimum absolute atomic E-state index is 0.0276. The molecule has 0 aliphatic rings. The largest absolute Gasteiger partial charge is 0.483 e.